The molecule has 1 amide bonds. The second-order valence-corrected chi connectivity index (χ2v) is 11.7. The van der Waals surface area contributed by atoms with E-state index in [1.807, 2.05) is 6.07 Å². The number of benzene rings is 2. The topological polar surface area (TPSA) is 256 Å². The van der Waals surface area contributed by atoms with E-state index in [0.717, 1.165) is 10.5 Å². The normalized spacial score (nSPS) is 12.2. The van der Waals surface area contributed by atoms with Crippen molar-refractivity contribution >= 4 is 48.2 Å². The maximum Gasteiger partial charge on any atom is 0.317 e. The third-order valence-electron chi connectivity index (χ3n) is 7.58. The number of carboxylic acids is 3. The molecule has 18 nitrogen and oxygen atoms in total. The summed E-state index contributed by atoms with van der Waals surface area (Å²) in [5.74, 6) is -3.73. The Kier molecular flexibility index (Phi) is 19.0. The molecule has 2 rings (SSSR count). The Morgan fingerprint density at radius 3 is 1.94 bits per heavy atom. The van der Waals surface area contributed by atoms with E-state index in [2.05, 4.69) is 5.32 Å². The van der Waals surface area contributed by atoms with Crippen LogP contribution in [0.5, 0.6) is 5.75 Å². The highest BCUT2D eigenvalue weighted by atomic mass is 16.6. The molecule has 2 unspecified atom stereocenters. The van der Waals surface area contributed by atoms with Crippen LogP contribution >= 0.6 is 0 Å². The number of aliphatic carboxylic acids is 3. The molecule has 2 atom stereocenters. The molecule has 2 aromatic rings. The fourth-order valence-corrected chi connectivity index (χ4v) is 5.07. The highest BCUT2D eigenvalue weighted by Crippen LogP contribution is 2.29. The van der Waals surface area contributed by atoms with Crippen LogP contribution in [0.25, 0.3) is 11.1 Å². The van der Waals surface area contributed by atoms with Gasteiger partial charge in [0.05, 0.1) is 31.7 Å². The van der Waals surface area contributed by atoms with Crippen molar-refractivity contribution in [3.8, 4) is 16.9 Å². The summed E-state index contributed by atoms with van der Waals surface area (Å²) in [6.45, 7) is -0.967. The smallest absolute Gasteiger partial charge is 0.317 e. The maximum atomic E-state index is 12.8. The minimum Gasteiger partial charge on any atom is -0.492 e. The molecule has 0 radical (unpaired) electrons. The number of para-hydroxylation sites is 1. The molecule has 0 saturated carbocycles. The lowest BCUT2D eigenvalue weighted by molar-refractivity contribution is -0.147. The van der Waals surface area contributed by atoms with Gasteiger partial charge in [0.15, 0.2) is 0 Å². The van der Waals surface area contributed by atoms with Crippen LogP contribution in [0.4, 0.5) is 5.69 Å². The first-order chi connectivity index (χ1) is 24.8. The summed E-state index contributed by atoms with van der Waals surface area (Å²) in [5, 5.41) is 30.8. The Labute approximate surface area is 300 Å². The molecular weight excluding hydrogens is 686 g/mol. The van der Waals surface area contributed by atoms with E-state index in [0.29, 0.717) is 36.3 Å². The number of carbonyl (C=O) groups is 7. The number of ether oxygens (including phenoxy) is 3. The lowest BCUT2D eigenvalue weighted by atomic mass is 10.0. The van der Waals surface area contributed by atoms with Gasteiger partial charge in [0.2, 0.25) is 5.91 Å². The molecule has 0 bridgehead atoms. The van der Waals surface area contributed by atoms with Gasteiger partial charge in [-0.3, -0.25) is 38.6 Å². The molecule has 52 heavy (non-hydrogen) atoms. The zero-order valence-electron chi connectivity index (χ0n) is 28.8. The first kappa shape index (κ1) is 42.7. The van der Waals surface area contributed by atoms with E-state index < -0.39 is 55.5 Å². The van der Waals surface area contributed by atoms with Crippen molar-refractivity contribution in [1.82, 2.24) is 14.7 Å². The number of nitrogens with zero attached hydrogens (tertiary/aromatic N) is 3. The van der Waals surface area contributed by atoms with Crippen molar-refractivity contribution in [2.75, 3.05) is 64.7 Å². The predicted octanol–water partition coefficient (Wildman–Crippen LogP) is 0.547. The first-order valence-corrected chi connectivity index (χ1v) is 16.2. The molecule has 0 aliphatic rings. The van der Waals surface area contributed by atoms with Gasteiger partial charge >= 0.3 is 17.9 Å². The van der Waals surface area contributed by atoms with Gasteiger partial charge in [-0.1, -0.05) is 30.3 Å². The third-order valence-corrected chi connectivity index (χ3v) is 7.58. The Bertz CT molecular complexity index is 1460. The van der Waals surface area contributed by atoms with Crippen molar-refractivity contribution in [2.24, 2.45) is 5.73 Å². The Morgan fingerprint density at radius 2 is 1.38 bits per heavy atom. The van der Waals surface area contributed by atoms with Crippen LogP contribution in [-0.4, -0.2) is 144 Å². The highest BCUT2D eigenvalue weighted by Gasteiger charge is 2.26. The maximum absolute atomic E-state index is 12.8. The molecule has 0 spiro atoms. The molecule has 0 heterocycles. The molecule has 0 saturated heterocycles. The predicted molar refractivity (Wildman–Crippen MR) is 184 cm³/mol. The van der Waals surface area contributed by atoms with Crippen molar-refractivity contribution < 1.29 is 63.1 Å². The summed E-state index contributed by atoms with van der Waals surface area (Å²) in [6.07, 6.45) is 1.19. The van der Waals surface area contributed by atoms with Crippen LogP contribution in [0.15, 0.2) is 48.5 Å². The van der Waals surface area contributed by atoms with E-state index in [1.54, 1.807) is 42.5 Å². The first-order valence-electron chi connectivity index (χ1n) is 16.2. The summed E-state index contributed by atoms with van der Waals surface area (Å²) in [4.78, 5) is 84.2. The monoisotopic (exact) mass is 731 g/mol. The molecular formula is C34H45N5O13. The number of rotatable bonds is 28. The molecule has 284 valence electrons. The second kappa shape index (κ2) is 23.1. The minimum atomic E-state index is -1.26. The number of amides is 1. The van der Waals surface area contributed by atoms with Crippen LogP contribution in [0, 0.1) is 0 Å². The number of hydrogen-bond acceptors (Lipinski definition) is 14. The summed E-state index contributed by atoms with van der Waals surface area (Å²) >= 11 is 0. The highest BCUT2D eigenvalue weighted by molar-refractivity contribution is 5.98. The van der Waals surface area contributed by atoms with Crippen molar-refractivity contribution in [2.45, 2.75) is 38.3 Å². The zero-order valence-corrected chi connectivity index (χ0v) is 28.8. The van der Waals surface area contributed by atoms with Gasteiger partial charge in [-0.05, 0) is 43.5 Å². The Hall–Kier alpha value is -5.43. The van der Waals surface area contributed by atoms with Crippen LogP contribution in [0.2, 0.25) is 0 Å². The fourth-order valence-electron chi connectivity index (χ4n) is 5.07. The number of carbonyl (C=O) groups excluding carboxylic acids is 4. The van der Waals surface area contributed by atoms with E-state index in [9.17, 15) is 48.9 Å². The van der Waals surface area contributed by atoms with Crippen molar-refractivity contribution in [3.05, 3.63) is 48.5 Å². The summed E-state index contributed by atoms with van der Waals surface area (Å²) in [7, 11) is 0. The van der Waals surface area contributed by atoms with Crippen LogP contribution in [0.3, 0.4) is 0 Å². The van der Waals surface area contributed by atoms with Crippen LogP contribution in [0.1, 0.15) is 26.2 Å². The molecule has 0 aromatic heterocycles. The number of anilines is 1. The molecule has 0 aliphatic heterocycles. The minimum absolute atomic E-state index is 0.0215. The average Bonchev–Trinajstić information content (AvgIpc) is 3.08. The van der Waals surface area contributed by atoms with Gasteiger partial charge in [0, 0.05) is 37.3 Å². The Balaban J connectivity index is 2.25. The lowest BCUT2D eigenvalue weighted by Gasteiger charge is -2.34. The van der Waals surface area contributed by atoms with Crippen molar-refractivity contribution in [3.63, 3.8) is 0 Å². The van der Waals surface area contributed by atoms with E-state index in [-0.39, 0.29) is 58.4 Å². The van der Waals surface area contributed by atoms with Gasteiger partial charge < -0.3 is 45.4 Å². The van der Waals surface area contributed by atoms with E-state index in [4.69, 9.17) is 19.9 Å². The van der Waals surface area contributed by atoms with E-state index >= 15 is 0 Å². The number of carboxylic acid groups (broad SMARTS) is 3. The van der Waals surface area contributed by atoms with Crippen LogP contribution < -0.4 is 15.8 Å². The summed E-state index contributed by atoms with van der Waals surface area (Å²) < 4.78 is 15.8. The average molecular weight is 732 g/mol. The number of ketones is 1. The molecule has 0 aliphatic carbocycles. The standard InChI is InChI=1S/C34H45N5O13/c1-24(42)5-4-7-29(35)34(49)36-30-8-3-2-6-28(30)25-9-11-27(12-10-25)52-19-26(39(20-50-22-40)21-51-23-41)15-37(16-31(43)44)13-14-38(17-32(45)46)18-33(47)48/h2-3,6,8-12,22-23,26,29H,4-5,7,13-21,35H2,1H3,(H,36,49)(H,43,44)(H,45,46)(H,47,48). The van der Waals surface area contributed by atoms with Gasteiger partial charge in [-0.15, -0.1) is 0 Å². The third kappa shape index (κ3) is 16.5. The number of hydrogen-bond donors (Lipinski definition) is 5. The van der Waals surface area contributed by atoms with E-state index in [1.165, 1.54) is 16.7 Å². The number of nitrogens with one attached hydrogen (secondary N) is 1. The molecule has 6 N–H and O–H groups in total. The largest absolute Gasteiger partial charge is 0.492 e. The summed E-state index contributed by atoms with van der Waals surface area (Å²) in [5.41, 5.74) is 7.99. The quantitative estimate of drug-likeness (QED) is 0.0591. The fraction of sp³-hybridized carbons (Fsp3) is 0.441. The van der Waals surface area contributed by atoms with Crippen molar-refractivity contribution in [1.29, 1.82) is 0 Å². The molecule has 0 fully saturated rings. The number of nitrogens with two attached hydrogens (primary N) is 1. The summed E-state index contributed by atoms with van der Waals surface area (Å²) in [6, 6.07) is 12.4. The zero-order chi connectivity index (χ0) is 38.5. The molecule has 2 aromatic carbocycles. The van der Waals surface area contributed by atoms with Gasteiger partial charge in [0.25, 0.3) is 12.9 Å². The second-order valence-electron chi connectivity index (χ2n) is 11.7. The van der Waals surface area contributed by atoms with Gasteiger partial charge in [0.1, 0.15) is 31.6 Å². The SMILES string of the molecule is CC(=O)CCCC(N)C(=O)Nc1ccccc1-c1ccc(OCC(CN(CCN(CC(=O)O)CC(=O)O)CC(=O)O)N(COC=O)COC=O)cc1. The molecule has 18 heteroatoms. The number of Topliss-reactive ketones (excluding diaryl/α,β-unsaturated/α-hetero) is 1. The Morgan fingerprint density at radius 1 is 0.827 bits per heavy atom. The van der Waals surface area contributed by atoms with Gasteiger partial charge in [-0.2, -0.15) is 0 Å². The van der Waals surface area contributed by atoms with Crippen LogP contribution in [-0.2, 0) is 43.0 Å². The lowest BCUT2D eigenvalue weighted by Crippen LogP contribution is -2.51. The van der Waals surface area contributed by atoms with Gasteiger partial charge in [-0.25, -0.2) is 4.90 Å².